The van der Waals surface area contributed by atoms with E-state index in [1.54, 1.807) is 30.0 Å². The fourth-order valence-electron chi connectivity index (χ4n) is 4.47. The number of nitrogens with one attached hydrogen (secondary N) is 2. The predicted molar refractivity (Wildman–Crippen MR) is 142 cm³/mol. The Morgan fingerprint density at radius 3 is 2.61 bits per heavy atom. The van der Waals surface area contributed by atoms with Crippen LogP contribution in [0.2, 0.25) is 0 Å². The molecule has 1 atom stereocenters. The number of benzene rings is 2. The van der Waals surface area contributed by atoms with Crippen LogP contribution in [-0.2, 0) is 15.1 Å². The van der Waals surface area contributed by atoms with E-state index in [1.165, 1.54) is 0 Å². The molecule has 0 spiro atoms. The van der Waals surface area contributed by atoms with E-state index < -0.39 is 11.6 Å². The van der Waals surface area contributed by atoms with Crippen molar-refractivity contribution in [3.05, 3.63) is 60.2 Å². The molecule has 1 saturated heterocycles. The maximum atomic E-state index is 13.0. The van der Waals surface area contributed by atoms with E-state index in [-0.39, 0.29) is 11.9 Å². The van der Waals surface area contributed by atoms with Crippen molar-refractivity contribution < 1.29 is 19.1 Å². The van der Waals surface area contributed by atoms with Gasteiger partial charge in [0.1, 0.15) is 5.75 Å². The van der Waals surface area contributed by atoms with Crippen LogP contribution in [0.3, 0.4) is 0 Å². The van der Waals surface area contributed by atoms with E-state index in [0.29, 0.717) is 36.9 Å². The summed E-state index contributed by atoms with van der Waals surface area (Å²) >= 11 is 0. The summed E-state index contributed by atoms with van der Waals surface area (Å²) in [6.07, 6.45) is -0.555. The number of anilines is 2. The molecule has 2 aromatic rings. The predicted octanol–water partition coefficient (Wildman–Crippen LogP) is 4.22. The fraction of sp³-hybridized carbons (Fsp3) is 0.429. The highest BCUT2D eigenvalue weighted by Crippen LogP contribution is 2.36. The zero-order chi connectivity index (χ0) is 25.9. The zero-order valence-corrected chi connectivity index (χ0v) is 21.6. The van der Waals surface area contributed by atoms with Crippen LogP contribution in [0.4, 0.5) is 16.2 Å². The molecule has 0 aromatic heterocycles. The van der Waals surface area contributed by atoms with Crippen molar-refractivity contribution in [2.75, 3.05) is 49.6 Å². The molecule has 1 fully saturated rings. The third kappa shape index (κ3) is 5.88. The molecule has 0 radical (unpaired) electrons. The molecule has 8 nitrogen and oxygen atoms in total. The first-order valence-electron chi connectivity index (χ1n) is 12.4. The van der Waals surface area contributed by atoms with Crippen LogP contribution in [-0.4, -0.2) is 62.3 Å². The maximum absolute atomic E-state index is 13.0. The first-order chi connectivity index (χ1) is 17.1. The quantitative estimate of drug-likeness (QED) is 0.605. The Bertz CT molecular complexity index is 1140. The van der Waals surface area contributed by atoms with Gasteiger partial charge >= 0.3 is 6.03 Å². The average Bonchev–Trinajstić information content (AvgIpc) is 2.85. The Hall–Kier alpha value is -3.36. The fourth-order valence-corrected chi connectivity index (χ4v) is 4.47. The zero-order valence-electron chi connectivity index (χ0n) is 21.6. The van der Waals surface area contributed by atoms with Crippen molar-refractivity contribution in [1.82, 2.24) is 10.2 Å². The lowest BCUT2D eigenvalue weighted by atomic mass is 9.92. The molecular weight excluding hydrogens is 456 g/mol. The van der Waals surface area contributed by atoms with Crippen LogP contribution in [0.15, 0.2) is 49.0 Å². The number of nitrogens with zero attached hydrogens (tertiary/aromatic N) is 2. The smallest absolute Gasteiger partial charge is 0.319 e. The van der Waals surface area contributed by atoms with E-state index in [2.05, 4.69) is 22.1 Å². The van der Waals surface area contributed by atoms with Gasteiger partial charge in [0.15, 0.2) is 6.10 Å². The summed E-state index contributed by atoms with van der Waals surface area (Å²) in [5, 5.41) is 5.97. The van der Waals surface area contributed by atoms with Crippen LogP contribution in [0.25, 0.3) is 5.57 Å². The number of fused-ring (bicyclic) bond motifs is 1. The summed E-state index contributed by atoms with van der Waals surface area (Å²) in [5.41, 5.74) is 3.62. The summed E-state index contributed by atoms with van der Waals surface area (Å²) in [7, 11) is 0. The van der Waals surface area contributed by atoms with E-state index in [1.807, 2.05) is 45.0 Å². The summed E-state index contributed by atoms with van der Waals surface area (Å²) in [4.78, 5) is 30.0. The number of ether oxygens (including phenoxy) is 2. The third-order valence-corrected chi connectivity index (χ3v) is 6.67. The molecule has 3 amide bonds. The maximum Gasteiger partial charge on any atom is 0.319 e. The lowest BCUT2D eigenvalue weighted by Crippen LogP contribution is -2.48. The van der Waals surface area contributed by atoms with Crippen molar-refractivity contribution in [2.45, 2.75) is 39.3 Å². The molecule has 4 rings (SSSR count). The highest BCUT2D eigenvalue weighted by Gasteiger charge is 2.32. The lowest BCUT2D eigenvalue weighted by Gasteiger charge is -2.35. The van der Waals surface area contributed by atoms with Gasteiger partial charge in [-0.2, -0.15) is 0 Å². The Kier molecular flexibility index (Phi) is 7.66. The SMILES string of the molecule is C=C(C)c1cccc(C(C)(C)NC(=O)Nc2ccc3c(c2)N(CCN2CCOCC2)C(=O)C(C)O3)c1. The van der Waals surface area contributed by atoms with E-state index in [9.17, 15) is 9.59 Å². The van der Waals surface area contributed by atoms with Crippen molar-refractivity contribution >= 4 is 28.9 Å². The van der Waals surface area contributed by atoms with Crippen LogP contribution in [0.5, 0.6) is 5.75 Å². The van der Waals surface area contributed by atoms with Gasteiger partial charge in [0.05, 0.1) is 24.4 Å². The van der Waals surface area contributed by atoms with E-state index >= 15 is 0 Å². The Labute approximate surface area is 213 Å². The molecule has 0 bridgehead atoms. The highest BCUT2D eigenvalue weighted by atomic mass is 16.5. The van der Waals surface area contributed by atoms with Crippen LogP contribution in [0, 0.1) is 0 Å². The van der Waals surface area contributed by atoms with Gasteiger partial charge in [0.25, 0.3) is 5.91 Å². The summed E-state index contributed by atoms with van der Waals surface area (Å²) in [6, 6.07) is 13.1. The molecule has 2 heterocycles. The van der Waals surface area contributed by atoms with Crippen molar-refractivity contribution in [3.63, 3.8) is 0 Å². The van der Waals surface area contributed by atoms with Gasteiger partial charge in [-0.3, -0.25) is 9.69 Å². The molecule has 2 aliphatic heterocycles. The molecule has 2 aromatic carbocycles. The molecule has 0 saturated carbocycles. The van der Waals surface area contributed by atoms with Crippen molar-refractivity contribution in [2.24, 2.45) is 0 Å². The van der Waals surface area contributed by atoms with Crippen molar-refractivity contribution in [1.29, 1.82) is 0 Å². The number of rotatable bonds is 7. The summed E-state index contributed by atoms with van der Waals surface area (Å²) in [5.74, 6) is 0.544. The first kappa shape index (κ1) is 25.7. The number of allylic oxidation sites excluding steroid dienone is 1. The molecular formula is C28H36N4O4. The Balaban J connectivity index is 1.47. The number of hydrogen-bond acceptors (Lipinski definition) is 5. The second-order valence-electron chi connectivity index (χ2n) is 9.95. The van der Waals surface area contributed by atoms with Gasteiger partial charge in [-0.25, -0.2) is 4.79 Å². The van der Waals surface area contributed by atoms with Gasteiger partial charge in [-0.15, -0.1) is 0 Å². The van der Waals surface area contributed by atoms with Crippen LogP contribution >= 0.6 is 0 Å². The number of amides is 3. The second-order valence-corrected chi connectivity index (χ2v) is 9.95. The van der Waals surface area contributed by atoms with Crippen LogP contribution in [0.1, 0.15) is 38.8 Å². The number of morpholine rings is 1. The van der Waals surface area contributed by atoms with E-state index in [4.69, 9.17) is 9.47 Å². The topological polar surface area (TPSA) is 83.1 Å². The standard InChI is InChI=1S/C28H36N4O4/c1-19(2)21-7-6-8-22(17-21)28(4,5)30-27(34)29-23-9-10-25-24(18-23)32(26(33)20(3)36-25)12-11-31-13-15-35-16-14-31/h6-10,17-18,20H,1,11-16H2,2-5H3,(H2,29,30,34). The van der Waals surface area contributed by atoms with Gasteiger partial charge in [-0.1, -0.05) is 30.4 Å². The monoisotopic (exact) mass is 492 g/mol. The Morgan fingerprint density at radius 1 is 1.14 bits per heavy atom. The molecule has 2 aliphatic rings. The minimum absolute atomic E-state index is 0.0871. The van der Waals surface area contributed by atoms with Gasteiger partial charge < -0.3 is 25.0 Å². The second kappa shape index (κ2) is 10.7. The van der Waals surface area contributed by atoms with Gasteiger partial charge in [0, 0.05) is 31.9 Å². The number of hydrogen-bond donors (Lipinski definition) is 2. The third-order valence-electron chi connectivity index (χ3n) is 6.67. The average molecular weight is 493 g/mol. The molecule has 0 aliphatic carbocycles. The molecule has 1 unspecified atom stereocenters. The normalized spacial score (nSPS) is 18.3. The lowest BCUT2D eigenvalue weighted by molar-refractivity contribution is -0.125. The number of urea groups is 1. The van der Waals surface area contributed by atoms with Crippen molar-refractivity contribution in [3.8, 4) is 5.75 Å². The molecule has 192 valence electrons. The minimum Gasteiger partial charge on any atom is -0.479 e. The molecule has 36 heavy (non-hydrogen) atoms. The molecule has 2 N–H and O–H groups in total. The Morgan fingerprint density at radius 2 is 1.89 bits per heavy atom. The highest BCUT2D eigenvalue weighted by molar-refractivity contribution is 6.01. The summed E-state index contributed by atoms with van der Waals surface area (Å²) < 4.78 is 11.3. The number of carbonyl (C=O) groups is 2. The number of carbonyl (C=O) groups excluding carboxylic acids is 2. The summed E-state index contributed by atoms with van der Waals surface area (Å²) in [6.45, 7) is 16.1. The molecule has 8 heteroatoms. The van der Waals surface area contributed by atoms with Gasteiger partial charge in [-0.05, 0) is 63.1 Å². The largest absolute Gasteiger partial charge is 0.479 e. The first-order valence-corrected chi connectivity index (χ1v) is 12.4. The van der Waals surface area contributed by atoms with Crippen LogP contribution < -0.4 is 20.3 Å². The van der Waals surface area contributed by atoms with Gasteiger partial charge in [0.2, 0.25) is 0 Å². The minimum atomic E-state index is -0.609. The van der Waals surface area contributed by atoms with E-state index in [0.717, 1.165) is 36.3 Å².